The highest BCUT2D eigenvalue weighted by atomic mass is 35.5. The lowest BCUT2D eigenvalue weighted by Gasteiger charge is -2.26. The molecule has 0 saturated heterocycles. The molecule has 2 rings (SSSR count). The van der Waals surface area contributed by atoms with Crippen LogP contribution in [0.15, 0.2) is 12.1 Å². The van der Waals surface area contributed by atoms with Gasteiger partial charge in [-0.2, -0.15) is 13.2 Å². The molecule has 0 aliphatic carbocycles. The zero-order valence-corrected chi connectivity index (χ0v) is 15.1. The molecule has 1 aliphatic rings. The zero-order valence-electron chi connectivity index (χ0n) is 14.3. The number of ether oxygens (including phenoxy) is 1. The highest BCUT2D eigenvalue weighted by Gasteiger charge is 2.43. The van der Waals surface area contributed by atoms with E-state index in [9.17, 15) is 18.0 Å². The number of alkyl halides is 4. The SMILES string of the molecule is CC(C)(C)OC(=O)N1CC(C)(C)c2cc(CCl)c(C(F)(F)F)cc21. The van der Waals surface area contributed by atoms with Gasteiger partial charge in [-0.25, -0.2) is 4.79 Å². The fourth-order valence-corrected chi connectivity index (χ4v) is 3.04. The summed E-state index contributed by atoms with van der Waals surface area (Å²) in [5.74, 6) is -0.245. The monoisotopic (exact) mass is 363 g/mol. The summed E-state index contributed by atoms with van der Waals surface area (Å²) >= 11 is 5.71. The highest BCUT2D eigenvalue weighted by Crippen LogP contribution is 2.45. The van der Waals surface area contributed by atoms with Crippen LogP contribution in [-0.2, 0) is 22.2 Å². The fraction of sp³-hybridized carbons (Fsp3) is 0.588. The minimum absolute atomic E-state index is 0.0158. The first-order valence-electron chi connectivity index (χ1n) is 7.57. The van der Waals surface area contributed by atoms with Crippen LogP contribution in [0.2, 0.25) is 0 Å². The number of nitrogens with zero attached hydrogens (tertiary/aromatic N) is 1. The second kappa shape index (κ2) is 5.83. The Morgan fingerprint density at radius 2 is 1.88 bits per heavy atom. The van der Waals surface area contributed by atoms with Crippen LogP contribution >= 0.6 is 11.6 Å². The molecule has 0 aromatic heterocycles. The maximum atomic E-state index is 13.3. The molecule has 24 heavy (non-hydrogen) atoms. The molecule has 0 atom stereocenters. The Morgan fingerprint density at radius 3 is 2.33 bits per heavy atom. The predicted molar refractivity (Wildman–Crippen MR) is 87.6 cm³/mol. The van der Waals surface area contributed by atoms with Crippen molar-refractivity contribution in [3.8, 4) is 0 Å². The summed E-state index contributed by atoms with van der Waals surface area (Å²) in [4.78, 5) is 13.7. The third kappa shape index (κ3) is 3.63. The van der Waals surface area contributed by atoms with Gasteiger partial charge < -0.3 is 4.74 Å². The first-order valence-corrected chi connectivity index (χ1v) is 8.11. The van der Waals surface area contributed by atoms with Gasteiger partial charge in [0.2, 0.25) is 0 Å². The van der Waals surface area contributed by atoms with E-state index in [0.29, 0.717) is 5.56 Å². The van der Waals surface area contributed by atoms with E-state index in [1.807, 2.05) is 13.8 Å². The van der Waals surface area contributed by atoms with Crippen molar-refractivity contribution in [2.24, 2.45) is 0 Å². The molecule has 1 aromatic rings. The quantitative estimate of drug-likeness (QED) is 0.618. The molecule has 0 N–H and O–H groups in total. The van der Waals surface area contributed by atoms with E-state index in [0.717, 1.165) is 6.07 Å². The van der Waals surface area contributed by atoms with Gasteiger partial charge in [-0.3, -0.25) is 4.90 Å². The van der Waals surface area contributed by atoms with Crippen molar-refractivity contribution in [2.45, 2.75) is 57.7 Å². The second-order valence-corrected chi connectivity index (χ2v) is 7.88. The fourth-order valence-electron chi connectivity index (χ4n) is 2.82. The van der Waals surface area contributed by atoms with Crippen LogP contribution in [0.5, 0.6) is 0 Å². The number of amides is 1. The summed E-state index contributed by atoms with van der Waals surface area (Å²) in [7, 11) is 0. The van der Waals surface area contributed by atoms with Crippen LogP contribution in [0.4, 0.5) is 23.7 Å². The molecular formula is C17H21ClF3NO2. The predicted octanol–water partition coefficient (Wildman–Crippen LogP) is 5.48. The van der Waals surface area contributed by atoms with Gasteiger partial charge in [-0.1, -0.05) is 19.9 Å². The van der Waals surface area contributed by atoms with Crippen molar-refractivity contribution in [1.29, 1.82) is 0 Å². The zero-order chi connectivity index (χ0) is 18.5. The molecule has 0 radical (unpaired) electrons. The average molecular weight is 364 g/mol. The molecule has 0 bridgehead atoms. The number of halogens is 4. The number of hydrogen-bond donors (Lipinski definition) is 0. The Labute approximate surface area is 144 Å². The molecule has 1 aliphatic heterocycles. The number of hydrogen-bond acceptors (Lipinski definition) is 2. The van der Waals surface area contributed by atoms with Gasteiger partial charge in [-0.05, 0) is 38.0 Å². The minimum atomic E-state index is -4.54. The summed E-state index contributed by atoms with van der Waals surface area (Å²) < 4.78 is 45.2. The smallest absolute Gasteiger partial charge is 0.416 e. The normalized spacial score (nSPS) is 17.0. The molecule has 1 amide bonds. The minimum Gasteiger partial charge on any atom is -0.443 e. The van der Waals surface area contributed by atoms with Crippen LogP contribution in [-0.4, -0.2) is 18.2 Å². The van der Waals surface area contributed by atoms with Crippen LogP contribution in [0.1, 0.15) is 51.3 Å². The van der Waals surface area contributed by atoms with E-state index >= 15 is 0 Å². The summed E-state index contributed by atoms with van der Waals surface area (Å²) in [6, 6.07) is 2.46. The van der Waals surface area contributed by atoms with E-state index in [4.69, 9.17) is 16.3 Å². The Bertz CT molecular complexity index is 663. The summed E-state index contributed by atoms with van der Waals surface area (Å²) in [5.41, 5.74) is -1.12. The van der Waals surface area contributed by atoms with Crippen LogP contribution < -0.4 is 4.90 Å². The number of anilines is 1. The Balaban J connectivity index is 2.56. The van der Waals surface area contributed by atoms with Crippen molar-refractivity contribution < 1.29 is 22.7 Å². The Kier molecular flexibility index (Phi) is 4.59. The third-order valence-electron chi connectivity index (χ3n) is 3.86. The number of benzene rings is 1. The van der Waals surface area contributed by atoms with Crippen molar-refractivity contribution in [1.82, 2.24) is 0 Å². The Morgan fingerprint density at radius 1 is 1.29 bits per heavy atom. The highest BCUT2D eigenvalue weighted by molar-refractivity contribution is 6.17. The van der Waals surface area contributed by atoms with Gasteiger partial charge in [0.15, 0.2) is 0 Å². The third-order valence-corrected chi connectivity index (χ3v) is 4.15. The van der Waals surface area contributed by atoms with E-state index in [1.54, 1.807) is 20.8 Å². The lowest BCUT2D eigenvalue weighted by atomic mass is 9.85. The van der Waals surface area contributed by atoms with E-state index in [1.165, 1.54) is 11.0 Å². The second-order valence-electron chi connectivity index (χ2n) is 7.61. The number of rotatable bonds is 1. The Hall–Kier alpha value is -1.43. The number of fused-ring (bicyclic) bond motifs is 1. The molecule has 1 heterocycles. The van der Waals surface area contributed by atoms with Crippen molar-refractivity contribution in [2.75, 3.05) is 11.4 Å². The average Bonchev–Trinajstić information content (AvgIpc) is 2.66. The van der Waals surface area contributed by atoms with Crippen LogP contribution in [0, 0.1) is 0 Å². The number of carbonyl (C=O) groups excluding carboxylic acids is 1. The molecule has 0 spiro atoms. The summed E-state index contributed by atoms with van der Waals surface area (Å²) in [6.07, 6.45) is -5.19. The van der Waals surface area contributed by atoms with Crippen LogP contribution in [0.3, 0.4) is 0 Å². The molecule has 0 fully saturated rings. The van der Waals surface area contributed by atoms with E-state index in [2.05, 4.69) is 0 Å². The summed E-state index contributed by atoms with van der Waals surface area (Å²) in [6.45, 7) is 9.14. The van der Waals surface area contributed by atoms with Crippen molar-refractivity contribution in [3.63, 3.8) is 0 Å². The first kappa shape index (κ1) is 18.9. The van der Waals surface area contributed by atoms with Gasteiger partial charge in [0.1, 0.15) is 5.60 Å². The maximum absolute atomic E-state index is 13.3. The van der Waals surface area contributed by atoms with E-state index in [-0.39, 0.29) is 23.7 Å². The summed E-state index contributed by atoms with van der Waals surface area (Å²) in [5, 5.41) is 0. The van der Waals surface area contributed by atoms with Gasteiger partial charge in [0.25, 0.3) is 0 Å². The topological polar surface area (TPSA) is 29.5 Å². The molecule has 0 saturated carbocycles. The molecule has 1 aromatic carbocycles. The van der Waals surface area contributed by atoms with Crippen molar-refractivity contribution in [3.05, 3.63) is 28.8 Å². The van der Waals surface area contributed by atoms with Gasteiger partial charge in [-0.15, -0.1) is 11.6 Å². The maximum Gasteiger partial charge on any atom is 0.416 e. The largest absolute Gasteiger partial charge is 0.443 e. The first-order chi connectivity index (χ1) is 10.8. The lowest BCUT2D eigenvalue weighted by Crippen LogP contribution is -2.38. The number of carbonyl (C=O) groups is 1. The molecule has 3 nitrogen and oxygen atoms in total. The molecule has 0 unspecified atom stereocenters. The van der Waals surface area contributed by atoms with Gasteiger partial charge in [0, 0.05) is 17.8 Å². The molecule has 7 heteroatoms. The molecule has 134 valence electrons. The lowest BCUT2D eigenvalue weighted by molar-refractivity contribution is -0.138. The molecular weight excluding hydrogens is 343 g/mol. The van der Waals surface area contributed by atoms with Crippen molar-refractivity contribution >= 4 is 23.4 Å². The van der Waals surface area contributed by atoms with E-state index < -0.39 is 28.8 Å². The van der Waals surface area contributed by atoms with Gasteiger partial charge in [0.05, 0.1) is 11.3 Å². The van der Waals surface area contributed by atoms with Gasteiger partial charge >= 0.3 is 12.3 Å². The van der Waals surface area contributed by atoms with Crippen LogP contribution in [0.25, 0.3) is 0 Å². The standard InChI is InChI=1S/C17H21ClF3NO2/c1-15(2,3)24-14(23)22-9-16(4,5)12-6-10(8-18)11(7-13(12)22)17(19,20)21/h6-7H,8-9H2,1-5H3.